The van der Waals surface area contributed by atoms with Crippen LogP contribution in [0.5, 0.6) is 0 Å². The summed E-state index contributed by atoms with van der Waals surface area (Å²) in [6.45, 7) is 0. The van der Waals surface area contributed by atoms with E-state index in [0.29, 0.717) is 5.56 Å². The molecule has 0 N–H and O–H groups in total. The number of alkyl halides is 2. The number of benzene rings is 1. The van der Waals surface area contributed by atoms with Gasteiger partial charge >= 0.3 is 0 Å². The summed E-state index contributed by atoms with van der Waals surface area (Å²) < 4.78 is 23.0. The molecule has 0 saturated carbocycles. The first-order valence-corrected chi connectivity index (χ1v) is 6.04. The Kier molecular flexibility index (Phi) is 2.09. The molecule has 0 saturated heterocycles. The second kappa shape index (κ2) is 2.85. The first-order valence-electron chi connectivity index (χ1n) is 3.85. The van der Waals surface area contributed by atoms with E-state index in [9.17, 15) is 8.42 Å². The third-order valence-corrected chi connectivity index (χ3v) is 5.27. The van der Waals surface area contributed by atoms with Crippen LogP contribution in [0.3, 0.4) is 0 Å². The molecule has 0 spiro atoms. The lowest BCUT2D eigenvalue weighted by atomic mass is 10.2. The number of nitrogens with zero attached hydrogens (tertiary/aromatic N) is 1. The van der Waals surface area contributed by atoms with E-state index in [4.69, 9.17) is 23.2 Å². The van der Waals surface area contributed by atoms with Gasteiger partial charge in [-0.25, -0.2) is 8.42 Å². The van der Waals surface area contributed by atoms with Gasteiger partial charge in [-0.2, -0.15) is 4.31 Å². The summed E-state index contributed by atoms with van der Waals surface area (Å²) in [5, 5.41) is 0. The van der Waals surface area contributed by atoms with Gasteiger partial charge in [0.1, 0.15) is 0 Å². The molecular formula is C8H7Cl2NO2S. The molecule has 1 aromatic carbocycles. The SMILES string of the molecule is CN1C(Cl)(Cl)c2ccccc2S1(=O)=O. The zero-order chi connectivity index (χ0) is 10.6. The molecule has 0 aliphatic carbocycles. The number of rotatable bonds is 0. The van der Waals surface area contributed by atoms with E-state index < -0.39 is 14.5 Å². The molecule has 0 amide bonds. The summed E-state index contributed by atoms with van der Waals surface area (Å²) >= 11 is 11.9. The Hall–Kier alpha value is -0.290. The van der Waals surface area contributed by atoms with E-state index in [0.717, 1.165) is 4.31 Å². The minimum absolute atomic E-state index is 0.174. The number of sulfonamides is 1. The van der Waals surface area contributed by atoms with Crippen molar-refractivity contribution in [2.75, 3.05) is 7.05 Å². The van der Waals surface area contributed by atoms with Crippen LogP contribution in [0.1, 0.15) is 5.56 Å². The molecule has 0 fully saturated rings. The predicted octanol–water partition coefficient (Wildman–Crippen LogP) is 1.91. The Morgan fingerprint density at radius 2 is 1.86 bits per heavy atom. The van der Waals surface area contributed by atoms with Gasteiger partial charge in [-0.15, -0.1) is 0 Å². The summed E-state index contributed by atoms with van der Waals surface area (Å²) in [7, 11) is -2.17. The lowest BCUT2D eigenvalue weighted by Crippen LogP contribution is -2.31. The molecular weight excluding hydrogens is 245 g/mol. The van der Waals surface area contributed by atoms with Crippen molar-refractivity contribution in [1.29, 1.82) is 0 Å². The summed E-state index contributed by atoms with van der Waals surface area (Å²) in [6.07, 6.45) is 0. The third-order valence-electron chi connectivity index (χ3n) is 2.25. The summed E-state index contributed by atoms with van der Waals surface area (Å²) in [6, 6.07) is 6.44. The summed E-state index contributed by atoms with van der Waals surface area (Å²) in [4.78, 5) is 0.174. The van der Waals surface area contributed by atoms with Crippen LogP contribution in [0.4, 0.5) is 0 Å². The fourth-order valence-corrected chi connectivity index (χ4v) is 3.83. The first kappa shape index (κ1) is 10.2. The maximum absolute atomic E-state index is 11.8. The van der Waals surface area contributed by atoms with Crippen LogP contribution in [-0.2, 0) is 14.5 Å². The maximum atomic E-state index is 11.8. The average molecular weight is 252 g/mol. The third kappa shape index (κ3) is 1.11. The Bertz CT molecular complexity index is 484. The smallest absolute Gasteiger partial charge is 0.207 e. The fraction of sp³-hybridized carbons (Fsp3) is 0.250. The largest absolute Gasteiger partial charge is 0.246 e. The number of halogens is 2. The van der Waals surface area contributed by atoms with Gasteiger partial charge < -0.3 is 0 Å². The monoisotopic (exact) mass is 251 g/mol. The van der Waals surface area contributed by atoms with Crippen LogP contribution < -0.4 is 0 Å². The highest BCUT2D eigenvalue weighted by atomic mass is 35.5. The van der Waals surface area contributed by atoms with Crippen molar-refractivity contribution in [1.82, 2.24) is 4.31 Å². The number of hydrogen-bond donors (Lipinski definition) is 0. The molecule has 1 heterocycles. The van der Waals surface area contributed by atoms with Crippen LogP contribution in [-0.4, -0.2) is 19.8 Å². The van der Waals surface area contributed by atoms with Crippen LogP contribution in [0.25, 0.3) is 0 Å². The lowest BCUT2D eigenvalue weighted by molar-refractivity contribution is 0.443. The Morgan fingerprint density at radius 3 is 2.43 bits per heavy atom. The quantitative estimate of drug-likeness (QED) is 0.522. The van der Waals surface area contributed by atoms with Crippen LogP contribution in [0.2, 0.25) is 0 Å². The minimum atomic E-state index is -3.52. The van der Waals surface area contributed by atoms with E-state index in [1.54, 1.807) is 18.2 Å². The van der Waals surface area contributed by atoms with Crippen molar-refractivity contribution >= 4 is 33.2 Å². The van der Waals surface area contributed by atoms with Gasteiger partial charge in [-0.3, -0.25) is 0 Å². The van der Waals surface area contributed by atoms with Gasteiger partial charge in [0.2, 0.25) is 14.5 Å². The normalized spacial score (nSPS) is 23.4. The highest BCUT2D eigenvalue weighted by molar-refractivity contribution is 7.89. The first-order chi connectivity index (χ1) is 6.38. The van der Waals surface area contributed by atoms with Crippen LogP contribution in [0.15, 0.2) is 29.2 Å². The van der Waals surface area contributed by atoms with Crippen molar-refractivity contribution in [2.45, 2.75) is 9.35 Å². The molecule has 0 radical (unpaired) electrons. The van der Waals surface area contributed by atoms with Gasteiger partial charge in [-0.1, -0.05) is 41.4 Å². The Balaban J connectivity index is 2.83. The van der Waals surface area contributed by atoms with Gasteiger partial charge in [0, 0.05) is 12.6 Å². The molecule has 0 bridgehead atoms. The highest BCUT2D eigenvalue weighted by Crippen LogP contribution is 2.48. The summed E-state index contributed by atoms with van der Waals surface area (Å²) in [5.41, 5.74) is 0.408. The topological polar surface area (TPSA) is 37.4 Å². The van der Waals surface area contributed by atoms with E-state index in [1.165, 1.54) is 13.1 Å². The van der Waals surface area contributed by atoms with Gasteiger partial charge in [0.05, 0.1) is 4.90 Å². The van der Waals surface area contributed by atoms with E-state index >= 15 is 0 Å². The lowest BCUT2D eigenvalue weighted by Gasteiger charge is -2.20. The van der Waals surface area contributed by atoms with Crippen LogP contribution in [0, 0.1) is 0 Å². The second-order valence-corrected chi connectivity index (χ2v) is 6.24. The average Bonchev–Trinajstić information content (AvgIpc) is 2.28. The minimum Gasteiger partial charge on any atom is -0.207 e. The predicted molar refractivity (Wildman–Crippen MR) is 54.8 cm³/mol. The van der Waals surface area contributed by atoms with Crippen LogP contribution >= 0.6 is 23.2 Å². The van der Waals surface area contributed by atoms with Gasteiger partial charge in [0.25, 0.3) is 0 Å². The molecule has 76 valence electrons. The van der Waals surface area contributed by atoms with Crippen molar-refractivity contribution in [3.63, 3.8) is 0 Å². The van der Waals surface area contributed by atoms with E-state index in [2.05, 4.69) is 0 Å². The fourth-order valence-electron chi connectivity index (χ4n) is 1.41. The van der Waals surface area contributed by atoms with Crippen molar-refractivity contribution in [3.05, 3.63) is 29.8 Å². The van der Waals surface area contributed by atoms with Gasteiger partial charge in [0.15, 0.2) is 0 Å². The Morgan fingerprint density at radius 1 is 1.29 bits per heavy atom. The van der Waals surface area contributed by atoms with Crippen molar-refractivity contribution in [3.8, 4) is 0 Å². The molecule has 0 unspecified atom stereocenters. The van der Waals surface area contributed by atoms with Crippen molar-refractivity contribution in [2.24, 2.45) is 0 Å². The molecule has 14 heavy (non-hydrogen) atoms. The molecule has 1 aromatic rings. The summed E-state index contributed by atoms with van der Waals surface area (Å²) in [5.74, 6) is 0. The Labute approximate surface area is 92.3 Å². The van der Waals surface area contributed by atoms with E-state index in [1.807, 2.05) is 0 Å². The molecule has 1 aliphatic rings. The zero-order valence-corrected chi connectivity index (χ0v) is 9.57. The highest BCUT2D eigenvalue weighted by Gasteiger charge is 2.49. The molecule has 3 nitrogen and oxygen atoms in total. The second-order valence-electron chi connectivity index (χ2n) is 3.01. The number of fused-ring (bicyclic) bond motifs is 1. The molecule has 6 heteroatoms. The zero-order valence-electron chi connectivity index (χ0n) is 7.24. The molecule has 2 rings (SSSR count). The van der Waals surface area contributed by atoms with Crippen molar-refractivity contribution < 1.29 is 8.42 Å². The van der Waals surface area contributed by atoms with E-state index in [-0.39, 0.29) is 4.90 Å². The van der Waals surface area contributed by atoms with Gasteiger partial charge in [-0.05, 0) is 6.07 Å². The molecule has 0 aromatic heterocycles. The molecule has 0 atom stereocenters. The number of hydrogen-bond acceptors (Lipinski definition) is 2. The molecule has 1 aliphatic heterocycles. The standard InChI is InChI=1S/C8H7Cl2NO2S/c1-11-8(9,10)6-4-2-3-5-7(6)14(11,12)13/h2-5H,1H3. The maximum Gasteiger partial charge on any atom is 0.246 e.